The Kier molecular flexibility index (Phi) is 3.45. The van der Waals surface area contributed by atoms with Crippen molar-refractivity contribution in [2.45, 2.75) is 51.1 Å². The smallest absolute Gasteiger partial charge is 0.251 e. The second-order valence-corrected chi connectivity index (χ2v) is 7.12. The summed E-state index contributed by atoms with van der Waals surface area (Å²) in [6.45, 7) is 5.31. The predicted molar refractivity (Wildman–Crippen MR) is 90.6 cm³/mol. The first-order valence-electron chi connectivity index (χ1n) is 8.67. The molecule has 1 aromatic carbocycles. The highest BCUT2D eigenvalue weighted by atomic mass is 16.3. The van der Waals surface area contributed by atoms with Crippen LogP contribution in [0.3, 0.4) is 0 Å². The average molecular weight is 312 g/mol. The number of aryl methyl sites for hydroxylation is 1. The number of benzene rings is 1. The van der Waals surface area contributed by atoms with E-state index in [0.717, 1.165) is 41.5 Å². The fourth-order valence-corrected chi connectivity index (χ4v) is 4.07. The number of fused-ring (bicyclic) bond motifs is 1. The minimum Gasteiger partial charge on any atom is -0.464 e. The van der Waals surface area contributed by atoms with Crippen molar-refractivity contribution in [2.75, 3.05) is 6.54 Å². The van der Waals surface area contributed by atoms with Crippen molar-refractivity contribution in [1.29, 1.82) is 0 Å². The highest BCUT2D eigenvalue weighted by Crippen LogP contribution is 2.45. The van der Waals surface area contributed by atoms with Crippen molar-refractivity contribution in [3.05, 3.63) is 35.6 Å². The van der Waals surface area contributed by atoms with E-state index in [1.165, 1.54) is 12.8 Å². The predicted octanol–water partition coefficient (Wildman–Crippen LogP) is 3.39. The van der Waals surface area contributed by atoms with Crippen LogP contribution in [0.1, 0.15) is 48.5 Å². The molecular weight excluding hydrogens is 288 g/mol. The van der Waals surface area contributed by atoms with Crippen molar-refractivity contribution in [1.82, 2.24) is 10.6 Å². The van der Waals surface area contributed by atoms with Crippen LogP contribution in [-0.4, -0.2) is 24.0 Å². The number of piperidine rings is 1. The zero-order chi connectivity index (χ0) is 16.0. The van der Waals surface area contributed by atoms with Gasteiger partial charge in [0.25, 0.3) is 5.91 Å². The van der Waals surface area contributed by atoms with E-state index < -0.39 is 0 Å². The lowest BCUT2D eigenvalue weighted by molar-refractivity contribution is 0.0875. The van der Waals surface area contributed by atoms with Gasteiger partial charge >= 0.3 is 0 Å². The first-order chi connectivity index (χ1) is 11.1. The van der Waals surface area contributed by atoms with E-state index >= 15 is 0 Å². The number of furan rings is 1. The lowest BCUT2D eigenvalue weighted by atomic mass is 9.83. The summed E-state index contributed by atoms with van der Waals surface area (Å²) < 4.78 is 5.47. The molecule has 2 aliphatic rings. The van der Waals surface area contributed by atoms with E-state index in [9.17, 15) is 4.79 Å². The van der Waals surface area contributed by atoms with Crippen LogP contribution in [0.4, 0.5) is 0 Å². The maximum atomic E-state index is 12.8. The quantitative estimate of drug-likeness (QED) is 0.913. The number of carbonyl (C=O) groups is 1. The topological polar surface area (TPSA) is 54.3 Å². The van der Waals surface area contributed by atoms with Gasteiger partial charge in [-0.15, -0.1) is 0 Å². The van der Waals surface area contributed by atoms with E-state index in [0.29, 0.717) is 5.92 Å². The number of amides is 1. The van der Waals surface area contributed by atoms with Crippen LogP contribution in [0.15, 0.2) is 28.9 Å². The minimum absolute atomic E-state index is 0.0333. The van der Waals surface area contributed by atoms with E-state index in [1.54, 1.807) is 6.26 Å². The summed E-state index contributed by atoms with van der Waals surface area (Å²) in [5, 5.41) is 8.00. The van der Waals surface area contributed by atoms with Crippen LogP contribution < -0.4 is 10.6 Å². The van der Waals surface area contributed by atoms with Gasteiger partial charge in [-0.05, 0) is 62.4 Å². The van der Waals surface area contributed by atoms with Gasteiger partial charge in [-0.1, -0.05) is 13.3 Å². The first-order valence-corrected chi connectivity index (χ1v) is 8.67. The molecule has 2 heterocycles. The zero-order valence-corrected chi connectivity index (χ0v) is 13.8. The minimum atomic E-state index is 0.0333. The molecule has 2 N–H and O–H groups in total. The van der Waals surface area contributed by atoms with Gasteiger partial charge in [-0.2, -0.15) is 0 Å². The van der Waals surface area contributed by atoms with Crippen LogP contribution >= 0.6 is 0 Å². The van der Waals surface area contributed by atoms with Crippen LogP contribution in [0, 0.1) is 12.8 Å². The van der Waals surface area contributed by atoms with Crippen LogP contribution in [0.25, 0.3) is 11.0 Å². The van der Waals surface area contributed by atoms with Crippen molar-refractivity contribution >= 4 is 16.9 Å². The Morgan fingerprint density at radius 2 is 2.26 bits per heavy atom. The molecular formula is C19H24N2O2. The van der Waals surface area contributed by atoms with E-state index in [2.05, 4.69) is 17.6 Å². The number of nitrogens with one attached hydrogen (secondary N) is 2. The molecule has 0 bridgehead atoms. The van der Waals surface area contributed by atoms with Crippen molar-refractivity contribution < 1.29 is 9.21 Å². The Bertz CT molecular complexity index is 745. The summed E-state index contributed by atoms with van der Waals surface area (Å²) in [6, 6.07) is 5.94. The fraction of sp³-hybridized carbons (Fsp3) is 0.526. The molecule has 4 rings (SSSR count). The van der Waals surface area contributed by atoms with Gasteiger partial charge in [0.15, 0.2) is 0 Å². The van der Waals surface area contributed by atoms with Gasteiger partial charge in [0, 0.05) is 16.5 Å². The van der Waals surface area contributed by atoms with E-state index in [-0.39, 0.29) is 17.5 Å². The second kappa shape index (κ2) is 5.38. The molecule has 2 fully saturated rings. The van der Waals surface area contributed by atoms with Crippen LogP contribution in [-0.2, 0) is 0 Å². The molecule has 4 heteroatoms. The molecule has 1 aliphatic carbocycles. The van der Waals surface area contributed by atoms with Gasteiger partial charge in [0.2, 0.25) is 0 Å². The van der Waals surface area contributed by atoms with Gasteiger partial charge in [0.1, 0.15) is 5.58 Å². The molecule has 23 heavy (non-hydrogen) atoms. The third-order valence-corrected chi connectivity index (χ3v) is 5.69. The lowest BCUT2D eigenvalue weighted by Crippen LogP contribution is -2.59. The maximum absolute atomic E-state index is 12.8. The maximum Gasteiger partial charge on any atom is 0.251 e. The Balaban J connectivity index is 1.59. The Morgan fingerprint density at radius 3 is 3.00 bits per heavy atom. The van der Waals surface area contributed by atoms with E-state index in [1.807, 2.05) is 25.1 Å². The van der Waals surface area contributed by atoms with Gasteiger partial charge in [-0.25, -0.2) is 0 Å². The summed E-state index contributed by atoms with van der Waals surface area (Å²) in [7, 11) is 0. The molecule has 0 radical (unpaired) electrons. The Hall–Kier alpha value is -1.81. The molecule has 2 aromatic rings. The first kappa shape index (κ1) is 14.8. The van der Waals surface area contributed by atoms with Crippen molar-refractivity contribution in [3.8, 4) is 0 Å². The lowest BCUT2D eigenvalue weighted by Gasteiger charge is -2.40. The molecule has 1 amide bonds. The molecule has 1 aliphatic heterocycles. The SMILES string of the molecule is CCC1CCNC2(CC2)C1NC(=O)c1ccc2occ(C)c2c1. The molecule has 1 spiro atoms. The van der Waals surface area contributed by atoms with Crippen molar-refractivity contribution in [2.24, 2.45) is 5.92 Å². The molecule has 1 aromatic heterocycles. The van der Waals surface area contributed by atoms with Gasteiger partial charge < -0.3 is 15.1 Å². The fourth-order valence-electron chi connectivity index (χ4n) is 4.07. The molecule has 2 unspecified atom stereocenters. The van der Waals surface area contributed by atoms with Gasteiger partial charge in [-0.3, -0.25) is 4.79 Å². The second-order valence-electron chi connectivity index (χ2n) is 7.12. The molecule has 1 saturated carbocycles. The standard InChI is InChI=1S/C19H24N2O2/c1-3-13-6-9-20-19(7-8-19)17(13)21-18(22)14-4-5-16-15(10-14)12(2)11-23-16/h4-5,10-11,13,17,20H,3,6-9H2,1-2H3,(H,21,22). The van der Waals surface area contributed by atoms with Gasteiger partial charge in [0.05, 0.1) is 12.3 Å². The summed E-state index contributed by atoms with van der Waals surface area (Å²) in [5.41, 5.74) is 2.78. The van der Waals surface area contributed by atoms with Crippen LogP contribution in [0.5, 0.6) is 0 Å². The summed E-state index contributed by atoms with van der Waals surface area (Å²) >= 11 is 0. The van der Waals surface area contributed by atoms with Crippen LogP contribution in [0.2, 0.25) is 0 Å². The normalized spacial score (nSPS) is 25.7. The highest BCUT2D eigenvalue weighted by Gasteiger charge is 2.53. The molecule has 1 saturated heterocycles. The Morgan fingerprint density at radius 1 is 1.43 bits per heavy atom. The largest absolute Gasteiger partial charge is 0.464 e. The summed E-state index contributed by atoms with van der Waals surface area (Å²) in [6.07, 6.45) is 6.35. The summed E-state index contributed by atoms with van der Waals surface area (Å²) in [4.78, 5) is 12.8. The summed E-state index contributed by atoms with van der Waals surface area (Å²) in [5.74, 6) is 0.605. The number of rotatable bonds is 3. The number of hydrogen-bond acceptors (Lipinski definition) is 3. The highest BCUT2D eigenvalue weighted by molar-refractivity contribution is 5.98. The third-order valence-electron chi connectivity index (χ3n) is 5.69. The molecule has 2 atom stereocenters. The number of hydrogen-bond donors (Lipinski definition) is 2. The zero-order valence-electron chi connectivity index (χ0n) is 13.8. The third kappa shape index (κ3) is 2.45. The molecule has 122 valence electrons. The average Bonchev–Trinajstić information content (AvgIpc) is 3.25. The molecule has 4 nitrogen and oxygen atoms in total. The van der Waals surface area contributed by atoms with E-state index in [4.69, 9.17) is 4.42 Å². The van der Waals surface area contributed by atoms with Crippen molar-refractivity contribution in [3.63, 3.8) is 0 Å². The monoisotopic (exact) mass is 312 g/mol. The number of carbonyl (C=O) groups excluding carboxylic acids is 1. The Labute approximate surface area is 136 Å².